The molecule has 10 atom stereocenters. The Labute approximate surface area is 362 Å². The van der Waals surface area contributed by atoms with Gasteiger partial charge < -0.3 is 47.4 Å². The van der Waals surface area contributed by atoms with Gasteiger partial charge in [-0.2, -0.15) is 0 Å². The number of hydrogen-bond donors (Lipinski definition) is 2. The Morgan fingerprint density at radius 3 is 2.03 bits per heavy atom. The van der Waals surface area contributed by atoms with Crippen molar-refractivity contribution >= 4 is 32.1 Å². The molecule has 14 heteroatoms. The minimum absolute atomic E-state index is 0.0429. The van der Waals surface area contributed by atoms with E-state index in [0.717, 1.165) is 11.3 Å². The number of benzene rings is 3. The fourth-order valence-corrected chi connectivity index (χ4v) is 15.6. The molecular formula is C47H65O12PSi. The van der Waals surface area contributed by atoms with E-state index >= 15 is 0 Å². The van der Waals surface area contributed by atoms with Gasteiger partial charge in [0.05, 0.1) is 63.1 Å². The average molecular weight is 881 g/mol. The summed E-state index contributed by atoms with van der Waals surface area (Å²) in [6.07, 6.45) is -1.47. The summed E-state index contributed by atoms with van der Waals surface area (Å²) in [5, 5.41) is 2.24. The van der Waals surface area contributed by atoms with Gasteiger partial charge in [-0.1, -0.05) is 107 Å². The van der Waals surface area contributed by atoms with Crippen LogP contribution in [0, 0.1) is 11.8 Å². The van der Waals surface area contributed by atoms with Gasteiger partial charge in [0.15, 0.2) is 11.6 Å². The third-order valence-electron chi connectivity index (χ3n) is 12.8. The van der Waals surface area contributed by atoms with Crippen LogP contribution in [0.15, 0.2) is 84.9 Å². The highest BCUT2D eigenvalue weighted by atomic mass is 31.2. The summed E-state index contributed by atoms with van der Waals surface area (Å²) < 4.78 is 64.8. The van der Waals surface area contributed by atoms with Crippen molar-refractivity contribution in [1.29, 1.82) is 0 Å². The van der Waals surface area contributed by atoms with Crippen molar-refractivity contribution in [2.24, 2.45) is 11.8 Å². The Morgan fingerprint density at radius 2 is 1.44 bits per heavy atom. The molecule has 2 N–H and O–H groups in total. The number of ketones is 1. The molecule has 0 radical (unpaired) electrons. The van der Waals surface area contributed by atoms with Gasteiger partial charge in [-0.05, 0) is 58.8 Å². The van der Waals surface area contributed by atoms with Crippen LogP contribution < -0.4 is 15.1 Å². The number of rotatable bonds is 14. The standard InChI is InChI=1S/C47H65O12PSi/c1-31-26-47(58-41(23-34(48)30-60(49,50)51)43(31)53-28-33-19-21-35(52-8)22-20-33)27-32(2)44-42(59-47)25-39(55-44)40-24-36(56-46(6,7)57-40)29-54-61(45(3,4)5,37-15-11-9-12-16-37)38-17-13-10-14-18-38/h9-22,31-32,36,39-44H,23-30H2,1-8H3,(H2,49,50,51)/t31-,32-,36?,39?,40?,41?,42?,43?,44?,47?/m0/s1. The van der Waals surface area contributed by atoms with E-state index in [2.05, 4.69) is 83.1 Å². The molecule has 0 amide bonds. The second-order valence-electron chi connectivity index (χ2n) is 19.2. The Balaban J connectivity index is 1.06. The summed E-state index contributed by atoms with van der Waals surface area (Å²) >= 11 is 0. The van der Waals surface area contributed by atoms with Crippen molar-refractivity contribution in [2.45, 2.75) is 147 Å². The van der Waals surface area contributed by atoms with Gasteiger partial charge in [-0.25, -0.2) is 0 Å². The topological polar surface area (TPSA) is 148 Å². The molecule has 12 nitrogen and oxygen atoms in total. The zero-order valence-corrected chi connectivity index (χ0v) is 38.8. The molecular weight excluding hydrogens is 816 g/mol. The van der Waals surface area contributed by atoms with E-state index in [4.69, 9.17) is 37.6 Å². The van der Waals surface area contributed by atoms with Crippen molar-refractivity contribution in [3.05, 3.63) is 90.5 Å². The maximum absolute atomic E-state index is 13.1. The predicted molar refractivity (Wildman–Crippen MR) is 233 cm³/mol. The molecule has 4 heterocycles. The summed E-state index contributed by atoms with van der Waals surface area (Å²) in [5.74, 6) is -1.83. The number of hydrogen-bond acceptors (Lipinski definition) is 10. The van der Waals surface area contributed by atoms with Gasteiger partial charge >= 0.3 is 7.60 Å². The minimum Gasteiger partial charge on any atom is -0.497 e. The summed E-state index contributed by atoms with van der Waals surface area (Å²) in [6, 6.07) is 28.8. The zero-order chi connectivity index (χ0) is 43.8. The monoisotopic (exact) mass is 880 g/mol. The van der Waals surface area contributed by atoms with Crippen LogP contribution in [0.1, 0.15) is 86.1 Å². The largest absolute Gasteiger partial charge is 0.497 e. The minimum atomic E-state index is -4.58. The lowest BCUT2D eigenvalue weighted by Crippen LogP contribution is -2.67. The van der Waals surface area contributed by atoms with E-state index in [1.54, 1.807) is 7.11 Å². The van der Waals surface area contributed by atoms with Crippen molar-refractivity contribution in [2.75, 3.05) is 19.9 Å². The summed E-state index contributed by atoms with van der Waals surface area (Å²) in [4.78, 5) is 32.4. The number of ether oxygens (including phenoxy) is 7. The van der Waals surface area contributed by atoms with Crippen LogP contribution in [0.4, 0.5) is 0 Å². The summed E-state index contributed by atoms with van der Waals surface area (Å²) in [5.41, 5.74) is 0.920. The quantitative estimate of drug-likeness (QED) is 0.128. The first-order chi connectivity index (χ1) is 28.8. The fourth-order valence-electron chi connectivity index (χ4n) is 10.4. The van der Waals surface area contributed by atoms with Gasteiger partial charge in [0.2, 0.25) is 0 Å². The van der Waals surface area contributed by atoms with Crippen molar-refractivity contribution in [3.8, 4) is 5.75 Å². The van der Waals surface area contributed by atoms with Gasteiger partial charge in [-0.15, -0.1) is 0 Å². The Kier molecular flexibility index (Phi) is 13.9. The Hall–Kier alpha value is -2.78. The molecule has 8 unspecified atom stereocenters. The first-order valence-electron chi connectivity index (χ1n) is 21.7. The number of carbonyl (C=O) groups excluding carboxylic acids is 1. The highest BCUT2D eigenvalue weighted by Crippen LogP contribution is 2.50. The van der Waals surface area contributed by atoms with E-state index < -0.39 is 51.6 Å². The highest BCUT2D eigenvalue weighted by molar-refractivity contribution is 7.52. The summed E-state index contributed by atoms with van der Waals surface area (Å²) in [6.45, 7) is 15.6. The molecule has 334 valence electrons. The van der Waals surface area contributed by atoms with Crippen LogP contribution >= 0.6 is 7.60 Å². The molecule has 3 aromatic carbocycles. The van der Waals surface area contributed by atoms with Gasteiger partial charge in [0.1, 0.15) is 17.7 Å². The molecule has 4 aliphatic heterocycles. The predicted octanol–water partition coefficient (Wildman–Crippen LogP) is 6.91. The average Bonchev–Trinajstić information content (AvgIpc) is 3.61. The molecule has 4 aliphatic rings. The molecule has 0 saturated carbocycles. The number of carbonyl (C=O) groups is 1. The lowest BCUT2D eigenvalue weighted by atomic mass is 9.79. The molecule has 3 aromatic rings. The van der Waals surface area contributed by atoms with Crippen molar-refractivity contribution in [1.82, 2.24) is 0 Å². The fraction of sp³-hybridized carbons (Fsp3) is 0.596. The van der Waals surface area contributed by atoms with E-state index in [0.29, 0.717) is 32.3 Å². The van der Waals surface area contributed by atoms with E-state index in [-0.39, 0.29) is 60.4 Å². The van der Waals surface area contributed by atoms with Gasteiger partial charge in [-0.3, -0.25) is 9.36 Å². The maximum atomic E-state index is 13.1. The molecule has 0 aromatic heterocycles. The Bertz CT molecular complexity index is 1930. The normalized spacial score (nSPS) is 31.7. The van der Waals surface area contributed by atoms with Crippen molar-refractivity contribution in [3.63, 3.8) is 0 Å². The van der Waals surface area contributed by atoms with Crippen LogP contribution in [0.2, 0.25) is 5.04 Å². The lowest BCUT2D eigenvalue weighted by molar-refractivity contribution is -0.356. The number of fused-ring (bicyclic) bond motifs is 1. The molecule has 7 rings (SSSR count). The highest BCUT2D eigenvalue weighted by Gasteiger charge is 2.58. The molecule has 1 spiro atoms. The van der Waals surface area contributed by atoms with E-state index in [9.17, 15) is 19.1 Å². The van der Waals surface area contributed by atoms with Crippen LogP contribution in [-0.2, 0) is 48.8 Å². The number of methoxy groups -OCH3 is 1. The zero-order valence-electron chi connectivity index (χ0n) is 36.9. The second kappa shape index (κ2) is 18.4. The first-order valence-corrected chi connectivity index (χ1v) is 25.4. The SMILES string of the molecule is COc1ccc(COC2C(CC(=O)CP(=O)(O)O)OC3(C[C@@H]2C)C[C@H](C)C2OC(C4CC(CO[Si](c5ccccc5)(c5ccccc5)C(C)(C)C)OC(C)(C)O4)CC2O3)cc1. The van der Waals surface area contributed by atoms with Gasteiger partial charge in [0.25, 0.3) is 8.32 Å². The van der Waals surface area contributed by atoms with Crippen LogP contribution in [0.3, 0.4) is 0 Å². The first kappa shape index (κ1) is 46.2. The summed E-state index contributed by atoms with van der Waals surface area (Å²) in [7, 11) is -5.78. The second-order valence-corrected chi connectivity index (χ2v) is 25.1. The molecule has 61 heavy (non-hydrogen) atoms. The molecule has 4 fully saturated rings. The smallest absolute Gasteiger partial charge is 0.332 e. The van der Waals surface area contributed by atoms with Crippen molar-refractivity contribution < 1.29 is 56.7 Å². The van der Waals surface area contributed by atoms with Gasteiger partial charge in [0, 0.05) is 32.1 Å². The lowest BCUT2D eigenvalue weighted by Gasteiger charge is -2.52. The molecule has 4 saturated heterocycles. The van der Waals surface area contributed by atoms with E-state index in [1.165, 1.54) is 10.4 Å². The molecule has 0 aliphatic carbocycles. The van der Waals surface area contributed by atoms with Crippen LogP contribution in [0.25, 0.3) is 0 Å². The number of Topliss-reactive ketones (excluding diaryl/α,β-unsaturated/α-hetero) is 1. The third kappa shape index (κ3) is 10.6. The third-order valence-corrected chi connectivity index (χ3v) is 18.5. The van der Waals surface area contributed by atoms with Crippen LogP contribution in [-0.4, -0.2) is 98.1 Å². The maximum Gasteiger partial charge on any atom is 0.332 e. The van der Waals surface area contributed by atoms with E-state index in [1.807, 2.05) is 50.2 Å². The Morgan fingerprint density at radius 1 is 0.820 bits per heavy atom. The van der Waals surface area contributed by atoms with Crippen LogP contribution in [0.5, 0.6) is 5.75 Å². The molecule has 0 bridgehead atoms.